The third kappa shape index (κ3) is 3.54. The summed E-state index contributed by atoms with van der Waals surface area (Å²) in [6.07, 6.45) is 0. The fourth-order valence-electron chi connectivity index (χ4n) is 1.47. The Labute approximate surface area is 114 Å². The van der Waals surface area contributed by atoms with E-state index in [0.29, 0.717) is 27.5 Å². The van der Waals surface area contributed by atoms with E-state index in [-0.39, 0.29) is 11.5 Å². The Balaban J connectivity index is 2.35. The number of anilines is 1. The highest BCUT2D eigenvalue weighted by atomic mass is 32.2. The minimum Gasteiger partial charge on any atom is -0.384 e. The van der Waals surface area contributed by atoms with Gasteiger partial charge < -0.3 is 10.7 Å². The van der Waals surface area contributed by atoms with Gasteiger partial charge in [-0.1, -0.05) is 13.8 Å². The zero-order valence-corrected chi connectivity index (χ0v) is 11.8. The minimum absolute atomic E-state index is 0.180. The highest BCUT2D eigenvalue weighted by Gasteiger charge is 2.09. The van der Waals surface area contributed by atoms with E-state index in [9.17, 15) is 4.79 Å². The fourth-order valence-corrected chi connectivity index (χ4v) is 2.33. The molecule has 0 unspecified atom stereocenters. The van der Waals surface area contributed by atoms with Crippen molar-refractivity contribution < 1.29 is 0 Å². The van der Waals surface area contributed by atoms with Gasteiger partial charge in [0.05, 0.1) is 0 Å². The Morgan fingerprint density at radius 2 is 2.00 bits per heavy atom. The minimum atomic E-state index is -0.180. The maximum atomic E-state index is 11.4. The van der Waals surface area contributed by atoms with Crippen molar-refractivity contribution in [2.75, 3.05) is 5.73 Å². The van der Waals surface area contributed by atoms with Gasteiger partial charge in [-0.2, -0.15) is 0 Å². The van der Waals surface area contributed by atoms with E-state index in [1.807, 2.05) is 13.8 Å². The molecule has 0 spiro atoms. The number of aromatic nitrogens is 4. The van der Waals surface area contributed by atoms with E-state index in [2.05, 4.69) is 19.9 Å². The molecule has 0 fully saturated rings. The van der Waals surface area contributed by atoms with Gasteiger partial charge in [-0.3, -0.25) is 4.79 Å². The number of nitrogens with zero attached hydrogens (tertiary/aromatic N) is 3. The molecule has 2 aromatic heterocycles. The molecule has 0 radical (unpaired) electrons. The monoisotopic (exact) mass is 277 g/mol. The quantitative estimate of drug-likeness (QED) is 0.655. The van der Waals surface area contributed by atoms with Crippen LogP contribution in [0.5, 0.6) is 0 Å². The Bertz CT molecular complexity index is 653. The number of hydrogen-bond acceptors (Lipinski definition) is 6. The molecule has 0 saturated carbocycles. The summed E-state index contributed by atoms with van der Waals surface area (Å²) in [5.41, 5.74) is 6.24. The van der Waals surface area contributed by atoms with E-state index in [1.54, 1.807) is 13.0 Å². The highest BCUT2D eigenvalue weighted by molar-refractivity contribution is 7.99. The van der Waals surface area contributed by atoms with E-state index in [1.165, 1.54) is 17.8 Å². The third-order valence-electron chi connectivity index (χ3n) is 2.31. The van der Waals surface area contributed by atoms with Gasteiger partial charge in [0.2, 0.25) is 0 Å². The zero-order valence-electron chi connectivity index (χ0n) is 11.0. The van der Waals surface area contributed by atoms with Crippen LogP contribution >= 0.6 is 11.8 Å². The van der Waals surface area contributed by atoms with Crippen LogP contribution in [-0.4, -0.2) is 19.9 Å². The third-order valence-corrected chi connectivity index (χ3v) is 3.11. The first-order valence-electron chi connectivity index (χ1n) is 5.84. The van der Waals surface area contributed by atoms with Gasteiger partial charge >= 0.3 is 0 Å². The lowest BCUT2D eigenvalue weighted by Gasteiger charge is -2.07. The summed E-state index contributed by atoms with van der Waals surface area (Å²) in [6, 6.07) is 3.11. The zero-order chi connectivity index (χ0) is 14.0. The summed E-state index contributed by atoms with van der Waals surface area (Å²) >= 11 is 1.26. The lowest BCUT2D eigenvalue weighted by atomic mass is 10.2. The average Bonchev–Trinajstić information content (AvgIpc) is 2.26. The normalized spacial score (nSPS) is 10.9. The highest BCUT2D eigenvalue weighted by Crippen LogP contribution is 2.24. The molecular formula is C12H15N5OS. The van der Waals surface area contributed by atoms with Crippen LogP contribution in [0.4, 0.5) is 5.82 Å². The molecule has 0 aliphatic rings. The number of nitrogens with one attached hydrogen (secondary N) is 1. The average molecular weight is 277 g/mol. The number of H-pyrrole nitrogens is 1. The van der Waals surface area contributed by atoms with Crippen molar-refractivity contribution in [3.63, 3.8) is 0 Å². The molecule has 0 saturated heterocycles. The van der Waals surface area contributed by atoms with Crippen LogP contribution in [0.25, 0.3) is 0 Å². The van der Waals surface area contributed by atoms with Crippen LogP contribution in [0, 0.1) is 6.92 Å². The second-order valence-corrected chi connectivity index (χ2v) is 5.45. The summed E-state index contributed by atoms with van der Waals surface area (Å²) in [5.74, 6) is 1.28. The lowest BCUT2D eigenvalue weighted by molar-refractivity contribution is 0.755. The van der Waals surface area contributed by atoms with Crippen molar-refractivity contribution >= 4 is 17.6 Å². The van der Waals surface area contributed by atoms with Gasteiger partial charge in [-0.05, 0) is 18.7 Å². The molecule has 7 heteroatoms. The van der Waals surface area contributed by atoms with Crippen LogP contribution in [0.2, 0.25) is 0 Å². The van der Waals surface area contributed by atoms with Crippen molar-refractivity contribution in [2.45, 2.75) is 36.9 Å². The molecule has 0 atom stereocenters. The fraction of sp³-hybridized carbons (Fsp3) is 0.333. The molecule has 2 heterocycles. The van der Waals surface area contributed by atoms with Crippen LogP contribution in [0.3, 0.4) is 0 Å². The Morgan fingerprint density at radius 3 is 2.63 bits per heavy atom. The standard InChI is InChI=1S/C12H15N5OS/c1-6(2)11-15-8(13)5-10(17-11)19-12-14-7(3)4-9(18)16-12/h4-6H,1-3H3,(H2,13,15,17)(H,14,16,18). The van der Waals surface area contributed by atoms with Gasteiger partial charge in [0.15, 0.2) is 5.16 Å². The molecular weight excluding hydrogens is 262 g/mol. The summed E-state index contributed by atoms with van der Waals surface area (Å²) in [6.45, 7) is 5.76. The van der Waals surface area contributed by atoms with Gasteiger partial charge in [0, 0.05) is 23.7 Å². The van der Waals surface area contributed by atoms with Gasteiger partial charge in [-0.25, -0.2) is 15.0 Å². The number of nitrogen functional groups attached to an aromatic ring is 1. The Kier molecular flexibility index (Phi) is 3.84. The molecule has 2 rings (SSSR count). The van der Waals surface area contributed by atoms with Crippen LogP contribution in [-0.2, 0) is 0 Å². The second kappa shape index (κ2) is 5.40. The molecule has 0 amide bonds. The largest absolute Gasteiger partial charge is 0.384 e. The molecule has 3 N–H and O–H groups in total. The first kappa shape index (κ1) is 13.5. The van der Waals surface area contributed by atoms with Gasteiger partial charge in [0.1, 0.15) is 16.7 Å². The number of rotatable bonds is 3. The number of nitrogens with two attached hydrogens (primary N) is 1. The summed E-state index contributed by atoms with van der Waals surface area (Å²) < 4.78 is 0. The van der Waals surface area contributed by atoms with Crippen molar-refractivity contribution in [2.24, 2.45) is 0 Å². The maximum Gasteiger partial charge on any atom is 0.251 e. The smallest absolute Gasteiger partial charge is 0.251 e. The molecule has 0 aliphatic heterocycles. The second-order valence-electron chi connectivity index (χ2n) is 4.44. The van der Waals surface area contributed by atoms with E-state index in [4.69, 9.17) is 5.73 Å². The maximum absolute atomic E-state index is 11.4. The van der Waals surface area contributed by atoms with E-state index >= 15 is 0 Å². The Hall–Kier alpha value is -1.89. The van der Waals surface area contributed by atoms with Crippen molar-refractivity contribution in [1.29, 1.82) is 0 Å². The van der Waals surface area contributed by atoms with Crippen molar-refractivity contribution in [1.82, 2.24) is 19.9 Å². The van der Waals surface area contributed by atoms with Gasteiger partial charge in [-0.15, -0.1) is 0 Å². The van der Waals surface area contributed by atoms with Gasteiger partial charge in [0.25, 0.3) is 5.56 Å². The Morgan fingerprint density at radius 1 is 1.26 bits per heavy atom. The van der Waals surface area contributed by atoms with Crippen LogP contribution < -0.4 is 11.3 Å². The first-order valence-corrected chi connectivity index (χ1v) is 6.66. The van der Waals surface area contributed by atoms with E-state index in [0.717, 1.165) is 0 Å². The predicted molar refractivity (Wildman–Crippen MR) is 74.3 cm³/mol. The summed E-state index contributed by atoms with van der Waals surface area (Å²) in [4.78, 5) is 26.8. The molecule has 0 bridgehead atoms. The lowest BCUT2D eigenvalue weighted by Crippen LogP contribution is -2.08. The molecule has 100 valence electrons. The SMILES string of the molecule is Cc1cc(=O)[nH]c(Sc2cc(N)nc(C(C)C)n2)n1. The van der Waals surface area contributed by atoms with E-state index < -0.39 is 0 Å². The number of hydrogen-bond donors (Lipinski definition) is 2. The molecule has 0 aliphatic carbocycles. The van der Waals surface area contributed by atoms with Crippen LogP contribution in [0.15, 0.2) is 27.1 Å². The topological polar surface area (TPSA) is 97.5 Å². The number of aromatic amines is 1. The number of aryl methyl sites for hydroxylation is 1. The first-order chi connectivity index (χ1) is 8.94. The van der Waals surface area contributed by atoms with Crippen molar-refractivity contribution in [3.05, 3.63) is 34.0 Å². The molecule has 6 nitrogen and oxygen atoms in total. The summed E-state index contributed by atoms with van der Waals surface area (Å²) in [7, 11) is 0. The summed E-state index contributed by atoms with van der Waals surface area (Å²) in [5, 5.41) is 1.17. The molecule has 2 aromatic rings. The molecule has 0 aromatic carbocycles. The predicted octanol–water partition coefficient (Wildman–Crippen LogP) is 1.73. The van der Waals surface area contributed by atoms with Crippen LogP contribution in [0.1, 0.15) is 31.3 Å². The molecule has 19 heavy (non-hydrogen) atoms. The van der Waals surface area contributed by atoms with Crippen molar-refractivity contribution in [3.8, 4) is 0 Å².